The van der Waals surface area contributed by atoms with Gasteiger partial charge in [0.1, 0.15) is 17.1 Å². The highest BCUT2D eigenvalue weighted by atomic mass is 16.5. The van der Waals surface area contributed by atoms with Crippen molar-refractivity contribution in [3.63, 3.8) is 0 Å². The Morgan fingerprint density at radius 3 is 2.33 bits per heavy atom. The third-order valence-electron chi connectivity index (χ3n) is 5.87. The summed E-state index contributed by atoms with van der Waals surface area (Å²) in [6, 6.07) is 5.33. The van der Waals surface area contributed by atoms with E-state index in [0.717, 1.165) is 19.3 Å². The number of likely N-dealkylation sites (tertiary alicyclic amines) is 2. The molecule has 7 heteroatoms. The number of methoxy groups -OCH3 is 2. The number of β-amino-alcohol motifs (C(OH)–C–C–N with tert-alkyl or cyclic N) is 1. The first-order valence-corrected chi connectivity index (χ1v) is 9.42. The Balaban J connectivity index is 1.71. The van der Waals surface area contributed by atoms with E-state index in [1.165, 1.54) is 0 Å². The summed E-state index contributed by atoms with van der Waals surface area (Å²) in [6.07, 6.45) is 3.08. The second-order valence-electron chi connectivity index (χ2n) is 7.37. The number of aliphatic hydroxyl groups excluding tert-OH is 1. The minimum absolute atomic E-state index is 0.0139. The second kappa shape index (κ2) is 8.17. The number of benzene rings is 1. The molecule has 0 atom stereocenters. The third-order valence-corrected chi connectivity index (χ3v) is 5.87. The van der Waals surface area contributed by atoms with E-state index in [1.54, 1.807) is 37.3 Å². The third kappa shape index (κ3) is 3.88. The number of hydrogen-bond acceptors (Lipinski definition) is 5. The van der Waals surface area contributed by atoms with Crippen molar-refractivity contribution < 1.29 is 24.2 Å². The topological polar surface area (TPSA) is 79.3 Å². The smallest absolute Gasteiger partial charge is 0.261 e. The van der Waals surface area contributed by atoms with Gasteiger partial charge in [-0.15, -0.1) is 0 Å². The van der Waals surface area contributed by atoms with Crippen LogP contribution in [0.25, 0.3) is 0 Å². The van der Waals surface area contributed by atoms with Crippen LogP contribution in [0.5, 0.6) is 11.5 Å². The van der Waals surface area contributed by atoms with E-state index in [9.17, 15) is 14.7 Å². The van der Waals surface area contributed by atoms with Crippen LogP contribution in [0.4, 0.5) is 0 Å². The summed E-state index contributed by atoms with van der Waals surface area (Å²) in [7, 11) is 3.09. The van der Waals surface area contributed by atoms with Crippen molar-refractivity contribution in [1.82, 2.24) is 9.80 Å². The quantitative estimate of drug-likeness (QED) is 0.843. The Morgan fingerprint density at radius 1 is 1.15 bits per heavy atom. The van der Waals surface area contributed by atoms with E-state index < -0.39 is 0 Å². The lowest BCUT2D eigenvalue weighted by molar-refractivity contribution is -0.139. The summed E-state index contributed by atoms with van der Waals surface area (Å²) >= 11 is 0. The van der Waals surface area contributed by atoms with Gasteiger partial charge in [-0.1, -0.05) is 6.07 Å². The van der Waals surface area contributed by atoms with E-state index in [0.29, 0.717) is 49.7 Å². The predicted octanol–water partition coefficient (Wildman–Crippen LogP) is 1.54. The molecule has 2 aliphatic rings. The number of rotatable bonds is 5. The van der Waals surface area contributed by atoms with Crippen molar-refractivity contribution in [3.8, 4) is 11.5 Å². The molecule has 0 unspecified atom stereocenters. The number of aliphatic hydroxyl groups is 1. The van der Waals surface area contributed by atoms with Crippen molar-refractivity contribution in [2.75, 3.05) is 47.0 Å². The van der Waals surface area contributed by atoms with Gasteiger partial charge >= 0.3 is 0 Å². The van der Waals surface area contributed by atoms with Gasteiger partial charge in [0.25, 0.3) is 5.91 Å². The molecule has 1 aromatic carbocycles. The Bertz CT molecular complexity index is 675. The number of amides is 2. The lowest BCUT2D eigenvalue weighted by Crippen LogP contribution is -2.52. The van der Waals surface area contributed by atoms with Gasteiger partial charge < -0.3 is 24.4 Å². The lowest BCUT2D eigenvalue weighted by atomic mass is 9.72. The first-order valence-electron chi connectivity index (χ1n) is 9.42. The summed E-state index contributed by atoms with van der Waals surface area (Å²) in [5.74, 6) is 1.05. The first kappa shape index (κ1) is 19.5. The normalized spacial score (nSPS) is 19.3. The van der Waals surface area contributed by atoms with Gasteiger partial charge in [0, 0.05) is 32.6 Å². The van der Waals surface area contributed by atoms with Crippen LogP contribution in [0.15, 0.2) is 18.2 Å². The van der Waals surface area contributed by atoms with Crippen LogP contribution >= 0.6 is 0 Å². The van der Waals surface area contributed by atoms with Crippen LogP contribution in [-0.4, -0.2) is 73.7 Å². The number of ether oxygens (including phenoxy) is 2. The summed E-state index contributed by atoms with van der Waals surface area (Å²) < 4.78 is 10.7. The fourth-order valence-electron chi connectivity index (χ4n) is 4.24. The maximum absolute atomic E-state index is 13.1. The standard InChI is InChI=1S/C20H28N2O5/c1-26-15-4-3-5-16(27-2)18(15)19(25)21-10-8-20(9-11-21)7-6-17(24)22(14-20)12-13-23/h3-5,23H,6-14H2,1-2H3. The minimum atomic E-state index is -0.0850. The molecule has 2 fully saturated rings. The highest BCUT2D eigenvalue weighted by molar-refractivity contribution is 5.99. The summed E-state index contributed by atoms with van der Waals surface area (Å²) in [5.41, 5.74) is 0.504. The van der Waals surface area contributed by atoms with E-state index in [-0.39, 0.29) is 23.8 Å². The molecule has 0 radical (unpaired) electrons. The lowest BCUT2D eigenvalue weighted by Gasteiger charge is -2.47. The van der Waals surface area contributed by atoms with Crippen LogP contribution in [0.3, 0.4) is 0 Å². The fourth-order valence-corrected chi connectivity index (χ4v) is 4.24. The first-order chi connectivity index (χ1) is 13.0. The number of piperidine rings is 2. The molecule has 148 valence electrons. The largest absolute Gasteiger partial charge is 0.496 e. The summed E-state index contributed by atoms with van der Waals surface area (Å²) in [4.78, 5) is 28.8. The molecule has 2 amide bonds. The molecule has 2 heterocycles. The van der Waals surface area contributed by atoms with Gasteiger partial charge in [-0.05, 0) is 36.8 Å². The van der Waals surface area contributed by atoms with Crippen molar-refractivity contribution in [2.45, 2.75) is 25.7 Å². The van der Waals surface area contributed by atoms with Crippen molar-refractivity contribution in [3.05, 3.63) is 23.8 Å². The van der Waals surface area contributed by atoms with Crippen molar-refractivity contribution in [1.29, 1.82) is 0 Å². The molecule has 2 aliphatic heterocycles. The van der Waals surface area contributed by atoms with E-state index in [4.69, 9.17) is 9.47 Å². The molecular weight excluding hydrogens is 348 g/mol. The molecule has 3 rings (SSSR count). The molecule has 27 heavy (non-hydrogen) atoms. The zero-order valence-corrected chi connectivity index (χ0v) is 16.1. The number of carbonyl (C=O) groups excluding carboxylic acids is 2. The van der Waals surface area contributed by atoms with Gasteiger partial charge in [0.2, 0.25) is 5.91 Å². The van der Waals surface area contributed by atoms with Gasteiger partial charge in [-0.2, -0.15) is 0 Å². The highest BCUT2D eigenvalue weighted by Crippen LogP contribution is 2.41. The highest BCUT2D eigenvalue weighted by Gasteiger charge is 2.42. The molecule has 0 saturated carbocycles. The van der Waals surface area contributed by atoms with Crippen LogP contribution < -0.4 is 9.47 Å². The van der Waals surface area contributed by atoms with Gasteiger partial charge in [-0.25, -0.2) is 0 Å². The molecule has 7 nitrogen and oxygen atoms in total. The predicted molar refractivity (Wildman–Crippen MR) is 100 cm³/mol. The van der Waals surface area contributed by atoms with Crippen LogP contribution in [0.2, 0.25) is 0 Å². The van der Waals surface area contributed by atoms with Crippen LogP contribution in [0, 0.1) is 5.41 Å². The zero-order valence-electron chi connectivity index (χ0n) is 16.1. The maximum Gasteiger partial charge on any atom is 0.261 e. The Labute approximate surface area is 159 Å². The van der Waals surface area contributed by atoms with Crippen molar-refractivity contribution in [2.24, 2.45) is 5.41 Å². The molecule has 2 saturated heterocycles. The zero-order chi connectivity index (χ0) is 19.4. The van der Waals surface area contributed by atoms with Crippen LogP contribution in [-0.2, 0) is 4.79 Å². The molecule has 1 aromatic rings. The van der Waals surface area contributed by atoms with E-state index in [2.05, 4.69) is 0 Å². The van der Waals surface area contributed by atoms with Crippen LogP contribution in [0.1, 0.15) is 36.0 Å². The molecule has 0 aliphatic carbocycles. The van der Waals surface area contributed by atoms with E-state index >= 15 is 0 Å². The average molecular weight is 376 g/mol. The Kier molecular flexibility index (Phi) is 5.89. The number of hydrogen-bond donors (Lipinski definition) is 1. The fraction of sp³-hybridized carbons (Fsp3) is 0.600. The summed E-state index contributed by atoms with van der Waals surface area (Å²) in [6.45, 7) is 2.33. The molecule has 1 spiro atoms. The Morgan fingerprint density at radius 2 is 1.78 bits per heavy atom. The Hall–Kier alpha value is -2.28. The average Bonchev–Trinajstić information content (AvgIpc) is 2.70. The van der Waals surface area contributed by atoms with E-state index in [1.807, 2.05) is 4.90 Å². The number of carbonyl (C=O) groups is 2. The second-order valence-corrected chi connectivity index (χ2v) is 7.37. The molecule has 0 aromatic heterocycles. The molecule has 1 N–H and O–H groups in total. The molecular formula is C20H28N2O5. The number of nitrogens with zero attached hydrogens (tertiary/aromatic N) is 2. The van der Waals surface area contributed by atoms with Gasteiger partial charge in [-0.3, -0.25) is 9.59 Å². The van der Waals surface area contributed by atoms with Gasteiger partial charge in [0.05, 0.1) is 20.8 Å². The monoisotopic (exact) mass is 376 g/mol. The van der Waals surface area contributed by atoms with Crippen molar-refractivity contribution >= 4 is 11.8 Å². The summed E-state index contributed by atoms with van der Waals surface area (Å²) in [5, 5.41) is 9.19. The minimum Gasteiger partial charge on any atom is -0.496 e. The van der Waals surface area contributed by atoms with Gasteiger partial charge in [0.15, 0.2) is 0 Å². The molecule has 0 bridgehead atoms. The maximum atomic E-state index is 13.1. The SMILES string of the molecule is COc1cccc(OC)c1C(=O)N1CCC2(CCC(=O)N(CCO)C2)CC1.